The lowest BCUT2D eigenvalue weighted by molar-refractivity contribution is 0.255. The van der Waals surface area contributed by atoms with E-state index in [9.17, 15) is 0 Å². The molecule has 0 bridgehead atoms. The molecule has 1 aliphatic heterocycles. The molecule has 1 aliphatic rings. The molecular formula is C16H18ClN3O. The van der Waals surface area contributed by atoms with Crippen molar-refractivity contribution < 1.29 is 4.74 Å². The van der Waals surface area contributed by atoms with E-state index >= 15 is 0 Å². The molecule has 2 unspecified atom stereocenters. The van der Waals surface area contributed by atoms with Gasteiger partial charge in [-0.15, -0.1) is 0 Å². The average molecular weight is 304 g/mol. The van der Waals surface area contributed by atoms with Crippen LogP contribution < -0.4 is 16.0 Å². The van der Waals surface area contributed by atoms with E-state index in [0.29, 0.717) is 11.1 Å². The number of aromatic nitrogens is 1. The molecule has 0 saturated carbocycles. The Morgan fingerprint density at radius 1 is 1.38 bits per heavy atom. The molecule has 1 aromatic heterocycles. The van der Waals surface area contributed by atoms with Gasteiger partial charge in [0.2, 0.25) is 0 Å². The van der Waals surface area contributed by atoms with Gasteiger partial charge in [0.05, 0.1) is 6.61 Å². The number of para-hydroxylation sites is 1. The maximum atomic E-state index is 5.97. The molecule has 2 aromatic rings. The van der Waals surface area contributed by atoms with E-state index in [1.807, 2.05) is 24.3 Å². The van der Waals surface area contributed by atoms with Gasteiger partial charge >= 0.3 is 0 Å². The van der Waals surface area contributed by atoms with Gasteiger partial charge in [0.25, 0.3) is 0 Å². The quantitative estimate of drug-likeness (QED) is 0.517. The van der Waals surface area contributed by atoms with Gasteiger partial charge in [-0.2, -0.15) is 0 Å². The number of pyridine rings is 1. The number of nitrogens with two attached hydrogens (primary N) is 1. The minimum Gasteiger partial charge on any atom is -0.493 e. The number of nitrogens with zero attached hydrogens (tertiary/aromatic N) is 1. The van der Waals surface area contributed by atoms with Crippen molar-refractivity contribution in [3.05, 3.63) is 58.9 Å². The van der Waals surface area contributed by atoms with E-state index in [4.69, 9.17) is 22.2 Å². The van der Waals surface area contributed by atoms with E-state index in [1.165, 1.54) is 5.56 Å². The Labute approximate surface area is 129 Å². The largest absolute Gasteiger partial charge is 0.493 e. The maximum Gasteiger partial charge on any atom is 0.129 e. The van der Waals surface area contributed by atoms with E-state index in [-0.39, 0.29) is 6.04 Å². The minimum absolute atomic E-state index is 0.0432. The third-order valence-electron chi connectivity index (χ3n) is 3.96. The van der Waals surface area contributed by atoms with Crippen LogP contribution in [0.1, 0.15) is 35.9 Å². The van der Waals surface area contributed by atoms with E-state index < -0.39 is 0 Å². The standard InChI is InChI=1S/C16H18ClN3O/c17-16-10-12(5-7-19-16)14(20-18)9-11-6-8-21-15-4-2-1-3-13(11)15/h1-5,7,10-11,14,20H,6,8-9,18H2. The Balaban J connectivity index is 1.82. The van der Waals surface area contributed by atoms with Crippen molar-refractivity contribution >= 4 is 11.6 Å². The second kappa shape index (κ2) is 6.43. The molecule has 3 rings (SSSR count). The van der Waals surface area contributed by atoms with Crippen LogP contribution in [-0.4, -0.2) is 11.6 Å². The molecular weight excluding hydrogens is 286 g/mol. The summed E-state index contributed by atoms with van der Waals surface area (Å²) in [4.78, 5) is 4.02. The van der Waals surface area contributed by atoms with Crippen molar-refractivity contribution in [1.82, 2.24) is 10.4 Å². The SMILES string of the molecule is NNC(CC1CCOc2ccccc21)c1ccnc(Cl)c1. The third kappa shape index (κ3) is 3.18. The van der Waals surface area contributed by atoms with Gasteiger partial charge in [-0.25, -0.2) is 4.98 Å². The summed E-state index contributed by atoms with van der Waals surface area (Å²) in [6.07, 6.45) is 3.60. The Hall–Kier alpha value is -1.62. The Kier molecular flexibility index (Phi) is 4.39. The number of halogens is 1. The topological polar surface area (TPSA) is 60.2 Å². The lowest BCUT2D eigenvalue weighted by Gasteiger charge is -2.29. The second-order valence-electron chi connectivity index (χ2n) is 5.24. The summed E-state index contributed by atoms with van der Waals surface area (Å²) in [6, 6.07) is 12.1. The van der Waals surface area contributed by atoms with Crippen LogP contribution in [0, 0.1) is 0 Å². The van der Waals surface area contributed by atoms with Crippen LogP contribution in [-0.2, 0) is 0 Å². The van der Waals surface area contributed by atoms with Crippen LogP contribution in [0.3, 0.4) is 0 Å². The first-order valence-corrected chi connectivity index (χ1v) is 7.45. The summed E-state index contributed by atoms with van der Waals surface area (Å²) in [5.41, 5.74) is 5.21. The molecule has 0 aliphatic carbocycles. The van der Waals surface area contributed by atoms with Crippen LogP contribution in [0.25, 0.3) is 0 Å². The van der Waals surface area contributed by atoms with Gasteiger partial charge in [0.15, 0.2) is 0 Å². The summed E-state index contributed by atoms with van der Waals surface area (Å²) in [6.45, 7) is 0.746. The Morgan fingerprint density at radius 2 is 2.24 bits per heavy atom. The predicted molar refractivity (Wildman–Crippen MR) is 83.2 cm³/mol. The molecule has 2 heterocycles. The van der Waals surface area contributed by atoms with Crippen LogP contribution in [0.5, 0.6) is 5.75 Å². The fourth-order valence-corrected chi connectivity index (χ4v) is 3.06. The Bertz CT molecular complexity index is 620. The molecule has 0 amide bonds. The first-order valence-electron chi connectivity index (χ1n) is 7.07. The van der Waals surface area contributed by atoms with Gasteiger partial charge in [-0.1, -0.05) is 29.8 Å². The van der Waals surface area contributed by atoms with Crippen molar-refractivity contribution in [3.63, 3.8) is 0 Å². The predicted octanol–water partition coefficient (Wildman–Crippen LogP) is 3.20. The van der Waals surface area contributed by atoms with E-state index in [1.54, 1.807) is 6.20 Å². The van der Waals surface area contributed by atoms with Crippen molar-refractivity contribution in [2.45, 2.75) is 24.8 Å². The highest BCUT2D eigenvalue weighted by molar-refractivity contribution is 6.29. The molecule has 1 aromatic carbocycles. The highest BCUT2D eigenvalue weighted by Gasteiger charge is 2.24. The molecule has 21 heavy (non-hydrogen) atoms. The smallest absolute Gasteiger partial charge is 0.129 e. The van der Waals surface area contributed by atoms with E-state index in [2.05, 4.69) is 22.5 Å². The highest BCUT2D eigenvalue weighted by atomic mass is 35.5. The van der Waals surface area contributed by atoms with Crippen LogP contribution in [0.15, 0.2) is 42.6 Å². The lowest BCUT2D eigenvalue weighted by Crippen LogP contribution is -2.30. The van der Waals surface area contributed by atoms with Crippen LogP contribution in [0.4, 0.5) is 0 Å². The number of rotatable bonds is 4. The zero-order valence-electron chi connectivity index (χ0n) is 11.6. The first kappa shape index (κ1) is 14.3. The molecule has 5 heteroatoms. The van der Waals surface area contributed by atoms with Gasteiger partial charge in [-0.3, -0.25) is 11.3 Å². The fraction of sp³-hybridized carbons (Fsp3) is 0.312. The maximum absolute atomic E-state index is 5.97. The summed E-state index contributed by atoms with van der Waals surface area (Å²) >= 11 is 5.97. The Morgan fingerprint density at radius 3 is 3.05 bits per heavy atom. The van der Waals surface area contributed by atoms with Gasteiger partial charge < -0.3 is 4.74 Å². The van der Waals surface area contributed by atoms with Crippen molar-refractivity contribution in [1.29, 1.82) is 0 Å². The molecule has 2 atom stereocenters. The lowest BCUT2D eigenvalue weighted by atomic mass is 9.86. The molecule has 4 nitrogen and oxygen atoms in total. The second-order valence-corrected chi connectivity index (χ2v) is 5.63. The summed E-state index contributed by atoms with van der Waals surface area (Å²) < 4.78 is 5.71. The number of fused-ring (bicyclic) bond motifs is 1. The van der Waals surface area contributed by atoms with Gasteiger partial charge in [-0.05, 0) is 48.1 Å². The molecule has 0 spiro atoms. The van der Waals surface area contributed by atoms with Crippen molar-refractivity contribution in [3.8, 4) is 5.75 Å². The molecule has 3 N–H and O–H groups in total. The summed E-state index contributed by atoms with van der Waals surface area (Å²) in [7, 11) is 0. The number of nitrogens with one attached hydrogen (secondary N) is 1. The number of benzene rings is 1. The van der Waals surface area contributed by atoms with Crippen LogP contribution >= 0.6 is 11.6 Å². The molecule has 0 radical (unpaired) electrons. The third-order valence-corrected chi connectivity index (χ3v) is 4.16. The van der Waals surface area contributed by atoms with Crippen molar-refractivity contribution in [2.24, 2.45) is 5.84 Å². The minimum atomic E-state index is 0.0432. The van der Waals surface area contributed by atoms with Gasteiger partial charge in [0, 0.05) is 12.2 Å². The van der Waals surface area contributed by atoms with Crippen LogP contribution in [0.2, 0.25) is 5.15 Å². The van der Waals surface area contributed by atoms with Gasteiger partial charge in [0.1, 0.15) is 10.9 Å². The molecule has 0 saturated heterocycles. The summed E-state index contributed by atoms with van der Waals surface area (Å²) in [5, 5.41) is 0.486. The monoisotopic (exact) mass is 303 g/mol. The molecule has 0 fully saturated rings. The zero-order chi connectivity index (χ0) is 14.7. The number of hydrogen-bond donors (Lipinski definition) is 2. The van der Waals surface area contributed by atoms with Crippen molar-refractivity contribution in [2.75, 3.05) is 6.61 Å². The van der Waals surface area contributed by atoms with E-state index in [0.717, 1.165) is 30.8 Å². The normalized spacial score (nSPS) is 18.7. The zero-order valence-corrected chi connectivity index (χ0v) is 12.4. The summed E-state index contributed by atoms with van der Waals surface area (Å²) in [5.74, 6) is 7.15. The number of hydrogen-bond acceptors (Lipinski definition) is 4. The number of hydrazine groups is 1. The fourth-order valence-electron chi connectivity index (χ4n) is 2.88. The highest BCUT2D eigenvalue weighted by Crippen LogP contribution is 2.38. The molecule has 110 valence electrons. The first-order chi connectivity index (χ1) is 10.3. The number of ether oxygens (including phenoxy) is 1. The average Bonchev–Trinajstić information content (AvgIpc) is 2.52.